The van der Waals surface area contributed by atoms with Gasteiger partial charge < -0.3 is 13.7 Å². The lowest BCUT2D eigenvalue weighted by Gasteiger charge is -2.37. The molecule has 0 bridgehead atoms. The van der Waals surface area contributed by atoms with Gasteiger partial charge in [0.25, 0.3) is 5.89 Å². The molecule has 8 nitrogen and oxygen atoms in total. The van der Waals surface area contributed by atoms with E-state index in [4.69, 9.17) is 8.83 Å². The first-order valence-corrected chi connectivity index (χ1v) is 10.3. The number of hydrogen-bond acceptors (Lipinski definition) is 7. The summed E-state index contributed by atoms with van der Waals surface area (Å²) in [6.45, 7) is 1.51. The Morgan fingerprint density at radius 2 is 1.84 bits per heavy atom. The quantitative estimate of drug-likeness (QED) is 0.455. The molecule has 3 aromatic heterocycles. The highest BCUT2D eigenvalue weighted by atomic mass is 19.3. The number of nitriles is 1. The van der Waals surface area contributed by atoms with Crippen LogP contribution in [0.1, 0.15) is 31.0 Å². The molecule has 0 saturated carbocycles. The highest BCUT2D eigenvalue weighted by Gasteiger charge is 2.30. The molecule has 164 valence electrons. The van der Waals surface area contributed by atoms with Gasteiger partial charge in [0.05, 0.1) is 23.3 Å². The number of fused-ring (bicyclic) bond motifs is 1. The summed E-state index contributed by atoms with van der Waals surface area (Å²) >= 11 is 0. The van der Waals surface area contributed by atoms with Gasteiger partial charge in [-0.1, -0.05) is 12.1 Å². The van der Waals surface area contributed by atoms with Crippen LogP contribution < -0.4 is 4.90 Å². The molecule has 0 aliphatic carbocycles. The minimum Gasteiger partial charge on any atom is -0.459 e. The number of alkyl halides is 2. The lowest BCUT2D eigenvalue weighted by molar-refractivity contribution is 0.0640. The molecular weight excluding hydrogens is 418 g/mol. The molecule has 0 unspecified atom stereocenters. The van der Waals surface area contributed by atoms with Crippen LogP contribution in [0, 0.1) is 11.3 Å². The Hall–Kier alpha value is -3.71. The van der Waals surface area contributed by atoms with E-state index in [1.807, 2.05) is 11.8 Å². The summed E-state index contributed by atoms with van der Waals surface area (Å²) < 4.78 is 39.8. The largest absolute Gasteiger partial charge is 0.459 e. The number of piperazine rings is 1. The second-order valence-electron chi connectivity index (χ2n) is 7.57. The van der Waals surface area contributed by atoms with Gasteiger partial charge in [-0.2, -0.15) is 19.0 Å². The third-order valence-electron chi connectivity index (χ3n) is 5.79. The van der Waals surface area contributed by atoms with E-state index in [1.165, 1.54) is 6.26 Å². The second kappa shape index (κ2) is 8.09. The number of aromatic nitrogens is 3. The third-order valence-corrected chi connectivity index (χ3v) is 5.79. The Bertz CT molecular complexity index is 1270. The predicted molar refractivity (Wildman–Crippen MR) is 112 cm³/mol. The fraction of sp³-hybridized carbons (Fsp3) is 0.318. The van der Waals surface area contributed by atoms with Crippen LogP contribution in [0.5, 0.6) is 0 Å². The summed E-state index contributed by atoms with van der Waals surface area (Å²) in [7, 11) is 0. The average Bonchev–Trinajstić information content (AvgIpc) is 3.56. The Labute approximate surface area is 182 Å². The molecule has 4 heterocycles. The Kier molecular flexibility index (Phi) is 5.11. The molecule has 1 aliphatic rings. The molecule has 4 aromatic rings. The molecule has 1 aliphatic heterocycles. The van der Waals surface area contributed by atoms with Gasteiger partial charge in [-0.05, 0) is 31.2 Å². The molecule has 10 heteroatoms. The van der Waals surface area contributed by atoms with Gasteiger partial charge in [0.15, 0.2) is 5.76 Å². The lowest BCUT2D eigenvalue weighted by Crippen LogP contribution is -2.47. The molecule has 1 aromatic carbocycles. The van der Waals surface area contributed by atoms with E-state index < -0.39 is 6.55 Å². The number of hydrogen-bond donors (Lipinski definition) is 0. The van der Waals surface area contributed by atoms with Crippen LogP contribution in [0.3, 0.4) is 0 Å². The first-order valence-electron chi connectivity index (χ1n) is 10.3. The SMILES string of the molecule is C[C@@H](c1nc2ccccc2n1C(F)F)N1CCN(c2oc(-c3ccco3)nc2C#N)CC1. The number of halogens is 2. The van der Waals surface area contributed by atoms with Crippen molar-refractivity contribution in [3.63, 3.8) is 0 Å². The maximum absolute atomic E-state index is 13.8. The van der Waals surface area contributed by atoms with Crippen LogP contribution in [-0.2, 0) is 0 Å². The van der Waals surface area contributed by atoms with Crippen LogP contribution in [0.15, 0.2) is 51.5 Å². The van der Waals surface area contributed by atoms with E-state index in [0.717, 1.165) is 4.57 Å². The minimum atomic E-state index is -2.67. The summed E-state index contributed by atoms with van der Waals surface area (Å²) in [6.07, 6.45) is 1.51. The van der Waals surface area contributed by atoms with Crippen molar-refractivity contribution in [1.82, 2.24) is 19.4 Å². The fourth-order valence-electron chi connectivity index (χ4n) is 4.14. The van der Waals surface area contributed by atoms with Gasteiger partial charge in [0.1, 0.15) is 11.9 Å². The summed E-state index contributed by atoms with van der Waals surface area (Å²) in [5.74, 6) is 1.44. The Morgan fingerprint density at radius 3 is 2.53 bits per heavy atom. The molecule has 1 atom stereocenters. The number of rotatable bonds is 5. The first kappa shape index (κ1) is 20.2. The van der Waals surface area contributed by atoms with Crippen molar-refractivity contribution in [3.8, 4) is 17.7 Å². The van der Waals surface area contributed by atoms with Crippen LogP contribution in [0.2, 0.25) is 0 Å². The zero-order chi connectivity index (χ0) is 22.2. The number of nitrogens with zero attached hydrogens (tertiary/aromatic N) is 6. The summed E-state index contributed by atoms with van der Waals surface area (Å²) in [5, 5.41) is 9.48. The van der Waals surface area contributed by atoms with Crippen molar-refractivity contribution in [2.75, 3.05) is 31.1 Å². The monoisotopic (exact) mass is 438 g/mol. The van der Waals surface area contributed by atoms with Crippen molar-refractivity contribution >= 4 is 16.9 Å². The molecule has 0 spiro atoms. The normalized spacial score (nSPS) is 16.0. The molecule has 0 amide bonds. The minimum absolute atomic E-state index is 0.192. The molecule has 1 fully saturated rings. The molecule has 0 radical (unpaired) electrons. The number of benzene rings is 1. The van der Waals surface area contributed by atoms with Crippen LogP contribution in [0.4, 0.5) is 14.7 Å². The molecular formula is C22H20F2N6O2. The topological polar surface area (TPSA) is 87.3 Å². The van der Waals surface area contributed by atoms with Crippen LogP contribution in [0.25, 0.3) is 22.7 Å². The van der Waals surface area contributed by atoms with Gasteiger partial charge in [-0.25, -0.2) is 4.98 Å². The van der Waals surface area contributed by atoms with Crippen LogP contribution in [-0.4, -0.2) is 45.6 Å². The Morgan fingerprint density at radius 1 is 1.06 bits per heavy atom. The van der Waals surface area contributed by atoms with Gasteiger partial charge >= 0.3 is 6.55 Å². The molecule has 1 saturated heterocycles. The fourth-order valence-corrected chi connectivity index (χ4v) is 4.14. The Balaban J connectivity index is 1.35. The number of oxazole rings is 1. The third kappa shape index (κ3) is 3.40. The van der Waals surface area contributed by atoms with E-state index in [1.54, 1.807) is 36.4 Å². The number of imidazole rings is 1. The van der Waals surface area contributed by atoms with Gasteiger partial charge in [0.2, 0.25) is 11.6 Å². The second-order valence-corrected chi connectivity index (χ2v) is 7.57. The van der Waals surface area contributed by atoms with E-state index in [2.05, 4.69) is 20.9 Å². The van der Waals surface area contributed by atoms with Crippen molar-refractivity contribution in [1.29, 1.82) is 5.26 Å². The zero-order valence-electron chi connectivity index (χ0n) is 17.3. The summed E-state index contributed by atoms with van der Waals surface area (Å²) in [5.41, 5.74) is 1.17. The van der Waals surface area contributed by atoms with Crippen molar-refractivity contribution in [3.05, 3.63) is 54.2 Å². The van der Waals surface area contributed by atoms with Crippen molar-refractivity contribution < 1.29 is 17.6 Å². The summed E-state index contributed by atoms with van der Waals surface area (Å²) in [4.78, 5) is 12.8. The first-order chi connectivity index (χ1) is 15.6. The van der Waals surface area contributed by atoms with Gasteiger partial charge in [-0.15, -0.1) is 0 Å². The number of anilines is 1. The van der Waals surface area contributed by atoms with Crippen molar-refractivity contribution in [2.45, 2.75) is 19.5 Å². The van der Waals surface area contributed by atoms with Crippen LogP contribution >= 0.6 is 0 Å². The molecule has 32 heavy (non-hydrogen) atoms. The summed E-state index contributed by atoms with van der Waals surface area (Å²) in [6, 6.07) is 12.1. The molecule has 5 rings (SSSR count). The van der Waals surface area contributed by atoms with E-state index >= 15 is 0 Å². The lowest BCUT2D eigenvalue weighted by atomic mass is 10.2. The van der Waals surface area contributed by atoms with E-state index in [-0.39, 0.29) is 17.6 Å². The van der Waals surface area contributed by atoms with E-state index in [9.17, 15) is 14.0 Å². The standard InChI is InChI=1S/C22H20F2N6O2/c1-14(19-26-15-5-2-3-6-17(15)30(19)22(23)24)28-8-10-29(11-9-28)21-16(13-25)27-20(32-21)18-7-4-12-31-18/h2-7,12,14,22H,8-11H2,1H3/t14-/m0/s1. The maximum atomic E-state index is 13.8. The molecule has 0 N–H and O–H groups in total. The predicted octanol–water partition coefficient (Wildman–Crippen LogP) is 4.43. The number of furan rings is 1. The average molecular weight is 438 g/mol. The highest BCUT2D eigenvalue weighted by molar-refractivity contribution is 5.76. The maximum Gasteiger partial charge on any atom is 0.320 e. The van der Waals surface area contributed by atoms with E-state index in [0.29, 0.717) is 54.7 Å². The van der Waals surface area contributed by atoms with Crippen molar-refractivity contribution in [2.24, 2.45) is 0 Å². The highest BCUT2D eigenvalue weighted by Crippen LogP contribution is 2.32. The van der Waals surface area contributed by atoms with Gasteiger partial charge in [-0.3, -0.25) is 9.47 Å². The smallest absolute Gasteiger partial charge is 0.320 e. The zero-order valence-corrected chi connectivity index (χ0v) is 17.3. The number of para-hydroxylation sites is 2. The van der Waals surface area contributed by atoms with Gasteiger partial charge in [0, 0.05) is 26.2 Å².